The van der Waals surface area contributed by atoms with Gasteiger partial charge in [0, 0.05) is 4.90 Å². The molecule has 0 radical (unpaired) electrons. The van der Waals surface area contributed by atoms with Gasteiger partial charge in [-0.15, -0.1) is 0 Å². The molecule has 2 aromatic carbocycles. The molecule has 0 fully saturated rings. The number of thiocyanates is 1. The summed E-state index contributed by atoms with van der Waals surface area (Å²) in [5.74, 6) is -0.728. The number of benzene rings is 2. The number of thioether (sulfide) groups is 1. The fourth-order valence-electron chi connectivity index (χ4n) is 1.80. The van der Waals surface area contributed by atoms with Gasteiger partial charge in [0.2, 0.25) is 0 Å². The van der Waals surface area contributed by atoms with Gasteiger partial charge in [-0.25, -0.2) is 12.8 Å². The summed E-state index contributed by atoms with van der Waals surface area (Å²) in [5.41, 5.74) is 0.866. The van der Waals surface area contributed by atoms with Crippen molar-refractivity contribution in [3.63, 3.8) is 0 Å². The largest absolute Gasteiger partial charge is 0.277 e. The lowest BCUT2D eigenvalue weighted by atomic mass is 10.2. The van der Waals surface area contributed by atoms with Crippen molar-refractivity contribution < 1.29 is 12.8 Å². The summed E-state index contributed by atoms with van der Waals surface area (Å²) < 4.78 is 40.6. The number of nitriles is 1. The predicted octanol–water partition coefficient (Wildman–Crippen LogP) is 3.76. The Balaban J connectivity index is 2.26. The highest BCUT2D eigenvalue weighted by molar-refractivity contribution is 8.03. The van der Waals surface area contributed by atoms with Crippen molar-refractivity contribution in [1.29, 1.82) is 5.26 Å². The SMILES string of the molecule is CCc1ccc(S(=O)(=O)Nc2ccc(SC#N)cc2F)cc1. The second-order valence-electron chi connectivity index (χ2n) is 4.44. The van der Waals surface area contributed by atoms with Crippen LogP contribution in [0, 0.1) is 16.5 Å². The van der Waals surface area contributed by atoms with Crippen molar-refractivity contribution in [3.05, 3.63) is 53.8 Å². The molecule has 0 heterocycles. The number of rotatable bonds is 5. The molecule has 0 aromatic heterocycles. The van der Waals surface area contributed by atoms with Crippen molar-refractivity contribution in [3.8, 4) is 5.40 Å². The van der Waals surface area contributed by atoms with Gasteiger partial charge in [-0.05, 0) is 54.1 Å². The molecule has 0 bridgehead atoms. The maximum Gasteiger partial charge on any atom is 0.261 e. The highest BCUT2D eigenvalue weighted by atomic mass is 32.2. The van der Waals surface area contributed by atoms with Gasteiger partial charge in [-0.3, -0.25) is 4.72 Å². The number of anilines is 1. The lowest BCUT2D eigenvalue weighted by Crippen LogP contribution is -2.14. The van der Waals surface area contributed by atoms with Gasteiger partial charge in [0.05, 0.1) is 10.6 Å². The van der Waals surface area contributed by atoms with Gasteiger partial charge < -0.3 is 0 Å². The summed E-state index contributed by atoms with van der Waals surface area (Å²) in [6.45, 7) is 1.97. The van der Waals surface area contributed by atoms with E-state index >= 15 is 0 Å². The van der Waals surface area contributed by atoms with Crippen LogP contribution < -0.4 is 4.72 Å². The molecule has 0 aliphatic rings. The second-order valence-corrected chi connectivity index (χ2v) is 6.98. The molecule has 0 atom stereocenters. The molecule has 0 unspecified atom stereocenters. The Kier molecular flexibility index (Phi) is 5.06. The van der Waals surface area contributed by atoms with Crippen LogP contribution in [-0.2, 0) is 16.4 Å². The molecule has 0 aliphatic heterocycles. The highest BCUT2D eigenvalue weighted by Crippen LogP contribution is 2.25. The minimum absolute atomic E-state index is 0.0691. The quantitative estimate of drug-likeness (QED) is 0.666. The Labute approximate surface area is 133 Å². The lowest BCUT2D eigenvalue weighted by Gasteiger charge is -2.10. The van der Waals surface area contributed by atoms with Gasteiger partial charge in [0.15, 0.2) is 0 Å². The first-order valence-electron chi connectivity index (χ1n) is 6.43. The van der Waals surface area contributed by atoms with E-state index in [1.165, 1.54) is 24.3 Å². The number of nitrogens with one attached hydrogen (secondary N) is 1. The summed E-state index contributed by atoms with van der Waals surface area (Å²) in [7, 11) is -3.85. The first-order valence-corrected chi connectivity index (χ1v) is 8.73. The van der Waals surface area contributed by atoms with E-state index < -0.39 is 15.8 Å². The zero-order chi connectivity index (χ0) is 16.2. The Bertz CT molecular complexity index is 812. The normalized spacial score (nSPS) is 11.0. The molecule has 0 spiro atoms. The highest BCUT2D eigenvalue weighted by Gasteiger charge is 2.16. The monoisotopic (exact) mass is 336 g/mol. The molecular weight excluding hydrogens is 323 g/mol. The minimum atomic E-state index is -3.85. The Morgan fingerprint density at radius 1 is 1.23 bits per heavy atom. The number of halogens is 1. The van der Waals surface area contributed by atoms with Crippen molar-refractivity contribution in [2.75, 3.05) is 4.72 Å². The third-order valence-corrected chi connectivity index (χ3v) is 4.95. The number of nitrogens with zero attached hydrogens (tertiary/aromatic N) is 1. The number of hydrogen-bond acceptors (Lipinski definition) is 4. The summed E-state index contributed by atoms with van der Waals surface area (Å²) in [4.78, 5) is 0.481. The van der Waals surface area contributed by atoms with E-state index in [2.05, 4.69) is 4.72 Å². The topological polar surface area (TPSA) is 70.0 Å². The van der Waals surface area contributed by atoms with E-state index in [1.54, 1.807) is 12.1 Å². The standard InChI is InChI=1S/C15H13FN2O2S2/c1-2-11-3-6-13(7-4-11)22(19,20)18-15-8-5-12(21-10-17)9-14(15)16/h3-9,18H,2H2,1H3. The van der Waals surface area contributed by atoms with E-state index in [4.69, 9.17) is 5.26 Å². The van der Waals surface area contributed by atoms with Crippen molar-refractivity contribution in [2.45, 2.75) is 23.1 Å². The Morgan fingerprint density at radius 3 is 2.45 bits per heavy atom. The molecule has 4 nitrogen and oxygen atoms in total. The summed E-state index contributed by atoms with van der Waals surface area (Å²) in [5, 5.41) is 10.4. The molecule has 2 rings (SSSR count). The van der Waals surface area contributed by atoms with Crippen LogP contribution in [0.2, 0.25) is 0 Å². The van der Waals surface area contributed by atoms with Crippen LogP contribution in [0.4, 0.5) is 10.1 Å². The Hall–Kier alpha value is -2.04. The van der Waals surface area contributed by atoms with Crippen molar-refractivity contribution >= 4 is 27.5 Å². The lowest BCUT2D eigenvalue weighted by molar-refractivity contribution is 0.598. The smallest absolute Gasteiger partial charge is 0.261 e. The van der Waals surface area contributed by atoms with Crippen LogP contribution in [0.3, 0.4) is 0 Å². The fraction of sp³-hybridized carbons (Fsp3) is 0.133. The van der Waals surface area contributed by atoms with Crippen molar-refractivity contribution in [2.24, 2.45) is 0 Å². The van der Waals surface area contributed by atoms with Crippen LogP contribution in [0.15, 0.2) is 52.3 Å². The predicted molar refractivity (Wildman–Crippen MR) is 84.5 cm³/mol. The van der Waals surface area contributed by atoms with Gasteiger partial charge in [0.1, 0.15) is 11.2 Å². The maximum absolute atomic E-state index is 13.9. The molecule has 1 N–H and O–H groups in total. The molecular formula is C15H13FN2O2S2. The zero-order valence-electron chi connectivity index (χ0n) is 11.7. The van der Waals surface area contributed by atoms with Gasteiger partial charge in [-0.2, -0.15) is 5.26 Å². The maximum atomic E-state index is 13.9. The second kappa shape index (κ2) is 6.81. The van der Waals surface area contributed by atoms with Crippen LogP contribution in [0.25, 0.3) is 0 Å². The van der Waals surface area contributed by atoms with E-state index in [9.17, 15) is 12.8 Å². The van der Waals surface area contributed by atoms with Crippen LogP contribution in [0.1, 0.15) is 12.5 Å². The summed E-state index contributed by atoms with van der Waals surface area (Å²) in [6, 6.07) is 10.3. The minimum Gasteiger partial charge on any atom is -0.277 e. The Morgan fingerprint density at radius 2 is 1.91 bits per heavy atom. The summed E-state index contributed by atoms with van der Waals surface area (Å²) >= 11 is 0.805. The molecule has 2 aromatic rings. The molecule has 0 aliphatic carbocycles. The van der Waals surface area contributed by atoms with Gasteiger partial charge in [0.25, 0.3) is 10.0 Å². The molecule has 7 heteroatoms. The first kappa shape index (κ1) is 16.3. The summed E-state index contributed by atoms with van der Waals surface area (Å²) in [6.07, 6.45) is 0.806. The first-order chi connectivity index (χ1) is 10.5. The molecule has 0 amide bonds. The molecule has 22 heavy (non-hydrogen) atoms. The number of sulfonamides is 1. The van der Waals surface area contributed by atoms with E-state index in [-0.39, 0.29) is 10.6 Å². The third-order valence-electron chi connectivity index (χ3n) is 2.99. The molecule has 0 saturated carbocycles. The average molecular weight is 336 g/mol. The number of aryl methyl sites for hydroxylation is 1. The zero-order valence-corrected chi connectivity index (χ0v) is 13.3. The van der Waals surface area contributed by atoms with Gasteiger partial charge >= 0.3 is 0 Å². The number of hydrogen-bond donors (Lipinski definition) is 1. The van der Waals surface area contributed by atoms with Gasteiger partial charge in [-0.1, -0.05) is 19.1 Å². The fourth-order valence-corrected chi connectivity index (χ4v) is 3.27. The van der Waals surface area contributed by atoms with Crippen LogP contribution >= 0.6 is 11.8 Å². The third kappa shape index (κ3) is 3.78. The molecule has 0 saturated heterocycles. The van der Waals surface area contributed by atoms with E-state index in [0.717, 1.165) is 29.8 Å². The van der Waals surface area contributed by atoms with Crippen molar-refractivity contribution in [1.82, 2.24) is 0 Å². The van der Waals surface area contributed by atoms with E-state index in [0.29, 0.717) is 4.90 Å². The van der Waals surface area contributed by atoms with Crippen LogP contribution in [0.5, 0.6) is 0 Å². The van der Waals surface area contributed by atoms with E-state index in [1.807, 2.05) is 12.3 Å². The average Bonchev–Trinajstić information content (AvgIpc) is 2.50. The van der Waals surface area contributed by atoms with Crippen LogP contribution in [-0.4, -0.2) is 8.42 Å². The molecule has 114 valence electrons.